The highest BCUT2D eigenvalue weighted by atomic mass is 16.3. The van der Waals surface area contributed by atoms with Gasteiger partial charge in [-0.2, -0.15) is 0 Å². The molecule has 0 rings (SSSR count). The van der Waals surface area contributed by atoms with Crippen molar-refractivity contribution in [2.75, 3.05) is 6.54 Å². The Morgan fingerprint density at radius 3 is 1.06 bits per heavy atom. The molecule has 31 heavy (non-hydrogen) atoms. The zero-order valence-corrected chi connectivity index (χ0v) is 21.9. The fourth-order valence-electron chi connectivity index (χ4n) is 4.52. The van der Waals surface area contributed by atoms with Crippen LogP contribution in [0.15, 0.2) is 0 Å². The van der Waals surface area contributed by atoms with Crippen LogP contribution in [0.25, 0.3) is 0 Å². The lowest BCUT2D eigenvalue weighted by Crippen LogP contribution is -2.29. The average molecular weight is 440 g/mol. The first-order valence-electron chi connectivity index (χ1n) is 14.7. The van der Waals surface area contributed by atoms with Gasteiger partial charge in [-0.05, 0) is 25.8 Å². The first-order valence-corrected chi connectivity index (χ1v) is 14.7. The van der Waals surface area contributed by atoms with Gasteiger partial charge in [0.05, 0.1) is 0 Å². The Morgan fingerprint density at radius 1 is 0.419 bits per heavy atom. The van der Waals surface area contributed by atoms with E-state index in [1.165, 1.54) is 154 Å². The van der Waals surface area contributed by atoms with Crippen LogP contribution in [0.3, 0.4) is 0 Å². The van der Waals surface area contributed by atoms with E-state index in [-0.39, 0.29) is 6.23 Å². The number of nitrogens with one attached hydrogen (secondary N) is 1. The van der Waals surface area contributed by atoms with Crippen molar-refractivity contribution in [2.45, 2.75) is 181 Å². The van der Waals surface area contributed by atoms with Gasteiger partial charge >= 0.3 is 0 Å². The summed E-state index contributed by atoms with van der Waals surface area (Å²) < 4.78 is 0. The highest BCUT2D eigenvalue weighted by molar-refractivity contribution is 4.56. The molecule has 0 bridgehead atoms. The lowest BCUT2D eigenvalue weighted by Gasteiger charge is -2.12. The van der Waals surface area contributed by atoms with Gasteiger partial charge < -0.3 is 5.11 Å². The summed E-state index contributed by atoms with van der Waals surface area (Å²) in [5, 5.41) is 13.3. The summed E-state index contributed by atoms with van der Waals surface area (Å²) in [6, 6.07) is 0. The molecule has 2 N–H and O–H groups in total. The monoisotopic (exact) mass is 439 g/mol. The second kappa shape index (κ2) is 28.0. The number of aliphatic hydroxyl groups is 1. The lowest BCUT2D eigenvalue weighted by molar-refractivity contribution is 0.124. The molecule has 2 nitrogen and oxygen atoms in total. The second-order valence-electron chi connectivity index (χ2n) is 10.0. The molecule has 0 saturated heterocycles. The van der Waals surface area contributed by atoms with Gasteiger partial charge in [0, 0.05) is 0 Å². The van der Waals surface area contributed by atoms with Gasteiger partial charge in [-0.1, -0.05) is 155 Å². The largest absolute Gasteiger partial charge is 0.379 e. The molecular formula is C29H61NO. The van der Waals surface area contributed by atoms with Crippen molar-refractivity contribution in [3.05, 3.63) is 0 Å². The minimum absolute atomic E-state index is 0.281. The van der Waals surface area contributed by atoms with Crippen LogP contribution in [-0.4, -0.2) is 17.9 Å². The Labute approximate surface area is 197 Å². The van der Waals surface area contributed by atoms with Crippen LogP contribution in [-0.2, 0) is 0 Å². The van der Waals surface area contributed by atoms with E-state index in [0.29, 0.717) is 0 Å². The van der Waals surface area contributed by atoms with Gasteiger partial charge in [-0.25, -0.2) is 0 Å². The van der Waals surface area contributed by atoms with Crippen LogP contribution in [0, 0.1) is 0 Å². The summed E-state index contributed by atoms with van der Waals surface area (Å²) in [7, 11) is 0. The summed E-state index contributed by atoms with van der Waals surface area (Å²) in [5.41, 5.74) is 0. The van der Waals surface area contributed by atoms with E-state index in [0.717, 1.165) is 13.0 Å². The third-order valence-electron chi connectivity index (χ3n) is 6.74. The third kappa shape index (κ3) is 27.9. The maximum atomic E-state index is 9.98. The van der Waals surface area contributed by atoms with Gasteiger partial charge in [0.15, 0.2) is 0 Å². The first-order chi connectivity index (χ1) is 15.3. The molecule has 0 heterocycles. The number of aliphatic hydroxyl groups excluding tert-OH is 1. The fourth-order valence-corrected chi connectivity index (χ4v) is 4.52. The van der Waals surface area contributed by atoms with Crippen LogP contribution in [0.4, 0.5) is 0 Å². The van der Waals surface area contributed by atoms with Crippen molar-refractivity contribution in [1.82, 2.24) is 5.32 Å². The maximum Gasteiger partial charge on any atom is 0.104 e. The molecule has 0 aliphatic carbocycles. The zero-order valence-electron chi connectivity index (χ0n) is 21.9. The Bertz CT molecular complexity index is 307. The quantitative estimate of drug-likeness (QED) is 0.0985. The van der Waals surface area contributed by atoms with E-state index in [1.807, 2.05) is 0 Å². The van der Waals surface area contributed by atoms with E-state index in [4.69, 9.17) is 0 Å². The minimum atomic E-state index is -0.281. The standard InChI is InChI=1S/C29H61NO/c1-3-5-7-9-10-11-12-13-14-15-16-17-18-19-20-21-22-23-25-27-29(31)30-28-26-24-8-6-4-2/h29-31H,3-28H2,1-2H3. The molecule has 0 aliphatic heterocycles. The molecule has 0 saturated carbocycles. The molecule has 0 aromatic carbocycles. The molecule has 0 radical (unpaired) electrons. The summed E-state index contributed by atoms with van der Waals surface area (Å²) >= 11 is 0. The van der Waals surface area contributed by atoms with Gasteiger partial charge in [-0.15, -0.1) is 0 Å². The average Bonchev–Trinajstić information content (AvgIpc) is 2.77. The number of unbranched alkanes of at least 4 members (excludes halogenated alkanes) is 22. The molecular weight excluding hydrogens is 378 g/mol. The second-order valence-corrected chi connectivity index (χ2v) is 10.0. The van der Waals surface area contributed by atoms with Gasteiger partial charge in [0.25, 0.3) is 0 Å². The molecule has 0 amide bonds. The molecule has 0 spiro atoms. The lowest BCUT2D eigenvalue weighted by atomic mass is 10.0. The molecule has 0 aromatic heterocycles. The summed E-state index contributed by atoms with van der Waals surface area (Å²) in [4.78, 5) is 0. The molecule has 1 unspecified atom stereocenters. The third-order valence-corrected chi connectivity index (χ3v) is 6.74. The normalized spacial score (nSPS) is 12.5. The van der Waals surface area contributed by atoms with Crippen molar-refractivity contribution in [2.24, 2.45) is 0 Å². The van der Waals surface area contributed by atoms with E-state index in [1.54, 1.807) is 0 Å². The molecule has 0 aliphatic rings. The molecule has 188 valence electrons. The van der Waals surface area contributed by atoms with E-state index in [2.05, 4.69) is 19.2 Å². The van der Waals surface area contributed by atoms with Crippen molar-refractivity contribution in [1.29, 1.82) is 0 Å². The van der Waals surface area contributed by atoms with Gasteiger partial charge in [0.1, 0.15) is 6.23 Å². The highest BCUT2D eigenvalue weighted by Crippen LogP contribution is 2.15. The zero-order chi connectivity index (χ0) is 22.7. The number of rotatable bonds is 27. The summed E-state index contributed by atoms with van der Waals surface area (Å²) in [6.45, 7) is 5.52. The van der Waals surface area contributed by atoms with Crippen LogP contribution in [0.2, 0.25) is 0 Å². The predicted octanol–water partition coefficient (Wildman–Crippen LogP) is 9.69. The SMILES string of the molecule is CCCCCCCCCCCCCCCCCCCCCC(O)NCCCCCCC. The van der Waals surface area contributed by atoms with E-state index in [9.17, 15) is 5.11 Å². The van der Waals surface area contributed by atoms with Gasteiger partial charge in [0.2, 0.25) is 0 Å². The fraction of sp³-hybridized carbons (Fsp3) is 1.00. The minimum Gasteiger partial charge on any atom is -0.379 e. The predicted molar refractivity (Wildman–Crippen MR) is 141 cm³/mol. The maximum absolute atomic E-state index is 9.98. The van der Waals surface area contributed by atoms with Crippen molar-refractivity contribution in [3.8, 4) is 0 Å². The van der Waals surface area contributed by atoms with Crippen molar-refractivity contribution < 1.29 is 5.11 Å². The first kappa shape index (κ1) is 30.9. The molecule has 0 fully saturated rings. The Balaban J connectivity index is 3.09. The topological polar surface area (TPSA) is 32.3 Å². The highest BCUT2D eigenvalue weighted by Gasteiger charge is 2.02. The van der Waals surface area contributed by atoms with E-state index < -0.39 is 0 Å². The Kier molecular flexibility index (Phi) is 27.9. The van der Waals surface area contributed by atoms with Crippen LogP contribution < -0.4 is 5.32 Å². The smallest absolute Gasteiger partial charge is 0.104 e. The van der Waals surface area contributed by atoms with Crippen LogP contribution >= 0.6 is 0 Å². The van der Waals surface area contributed by atoms with Crippen molar-refractivity contribution in [3.63, 3.8) is 0 Å². The number of hydrogen-bond donors (Lipinski definition) is 2. The molecule has 2 heteroatoms. The van der Waals surface area contributed by atoms with Crippen LogP contribution in [0.1, 0.15) is 174 Å². The number of hydrogen-bond acceptors (Lipinski definition) is 2. The molecule has 0 aromatic rings. The summed E-state index contributed by atoms with van der Waals surface area (Å²) in [5.74, 6) is 0. The Hall–Kier alpha value is -0.0800. The molecule has 1 atom stereocenters. The summed E-state index contributed by atoms with van der Waals surface area (Å²) in [6.07, 6.45) is 34.1. The Morgan fingerprint density at radius 2 is 0.710 bits per heavy atom. The van der Waals surface area contributed by atoms with Gasteiger partial charge in [-0.3, -0.25) is 5.32 Å². The van der Waals surface area contributed by atoms with Crippen LogP contribution in [0.5, 0.6) is 0 Å². The van der Waals surface area contributed by atoms with E-state index >= 15 is 0 Å². The van der Waals surface area contributed by atoms with Crippen molar-refractivity contribution >= 4 is 0 Å².